The zero-order valence-corrected chi connectivity index (χ0v) is 23.9. The first-order chi connectivity index (χ1) is 19.1. The molecular weight excluding hydrogens is 512 g/mol. The lowest BCUT2D eigenvalue weighted by molar-refractivity contribution is -0.242. The molecule has 0 aromatic carbocycles. The van der Waals surface area contributed by atoms with E-state index in [1.54, 1.807) is 11.0 Å². The molecule has 3 amide bonds. The predicted molar refractivity (Wildman–Crippen MR) is 147 cm³/mol. The minimum absolute atomic E-state index is 0.00205. The maximum atomic E-state index is 12.7. The number of amides is 3. The Morgan fingerprint density at radius 3 is 2.73 bits per heavy atom. The second-order valence-electron chi connectivity index (χ2n) is 13.8. The number of fused-ring (bicyclic) bond motifs is 5. The second-order valence-corrected chi connectivity index (χ2v) is 13.8. The molecule has 40 heavy (non-hydrogen) atoms. The van der Waals surface area contributed by atoms with Crippen molar-refractivity contribution in [1.82, 2.24) is 20.9 Å². The van der Waals surface area contributed by atoms with Crippen LogP contribution in [0, 0.1) is 34.5 Å². The molecule has 10 nitrogen and oxygen atoms in total. The van der Waals surface area contributed by atoms with Crippen LogP contribution in [0.5, 0.6) is 0 Å². The molecule has 5 fully saturated rings. The Bertz CT molecular complexity index is 1080. The van der Waals surface area contributed by atoms with Gasteiger partial charge in [-0.1, -0.05) is 13.8 Å². The number of hydrogen-bond donors (Lipinski definition) is 5. The Balaban J connectivity index is 1.08. The van der Waals surface area contributed by atoms with Crippen LogP contribution in [-0.2, 0) is 14.3 Å². The van der Waals surface area contributed by atoms with Gasteiger partial charge >= 0.3 is 12.0 Å². The topological polar surface area (TPSA) is 140 Å². The average Bonchev–Trinajstić information content (AvgIpc) is 3.47. The fourth-order valence-corrected chi connectivity index (χ4v) is 9.94. The number of aliphatic hydroxyl groups excluding tert-OH is 1. The van der Waals surface area contributed by atoms with Gasteiger partial charge in [-0.15, -0.1) is 0 Å². The maximum absolute atomic E-state index is 12.7. The van der Waals surface area contributed by atoms with E-state index in [0.29, 0.717) is 44.9 Å². The molecule has 2 heterocycles. The molecule has 10 heteroatoms. The van der Waals surface area contributed by atoms with E-state index in [2.05, 4.69) is 22.9 Å². The standard InChI is InChI=1S/C30H46N4O6/c1-28-7-5-20(33-27(38)32-10-12-34-11-9-31-16-25(34)36)14-19(28)3-4-22-23(28)15-24(35)29(2)21(6-8-30(22,29)39)18-13-26(37)40-17-18/h13,19-24,31,35,39H,3-12,14-17H2,1-2H3,(H2,32,33,38)/t19-,20-,21-,22-,23-,24-,28-,29-,30-/m1/s1. The van der Waals surface area contributed by atoms with Crippen molar-refractivity contribution in [3.8, 4) is 0 Å². The van der Waals surface area contributed by atoms with Crippen molar-refractivity contribution in [3.63, 3.8) is 0 Å². The minimum Gasteiger partial charge on any atom is -0.458 e. The third-order valence-electron chi connectivity index (χ3n) is 12.3. The number of ether oxygens (including phenoxy) is 1. The maximum Gasteiger partial charge on any atom is 0.331 e. The first-order valence-electron chi connectivity index (χ1n) is 15.4. The molecular formula is C30H46N4O6. The van der Waals surface area contributed by atoms with Crippen molar-refractivity contribution in [2.45, 2.75) is 83.0 Å². The Labute approximate surface area is 236 Å². The average molecular weight is 559 g/mol. The van der Waals surface area contributed by atoms with E-state index >= 15 is 0 Å². The molecule has 6 aliphatic rings. The molecule has 4 saturated carbocycles. The van der Waals surface area contributed by atoms with Crippen LogP contribution in [0.2, 0.25) is 0 Å². The molecule has 2 aliphatic heterocycles. The van der Waals surface area contributed by atoms with Gasteiger partial charge in [0.2, 0.25) is 5.91 Å². The minimum atomic E-state index is -0.971. The van der Waals surface area contributed by atoms with Crippen LogP contribution >= 0.6 is 0 Å². The number of carbonyl (C=O) groups is 3. The van der Waals surface area contributed by atoms with E-state index in [9.17, 15) is 24.6 Å². The lowest BCUT2D eigenvalue weighted by Crippen LogP contribution is -2.67. The van der Waals surface area contributed by atoms with E-state index in [-0.39, 0.29) is 53.7 Å². The number of nitrogens with zero attached hydrogens (tertiary/aromatic N) is 1. The highest BCUT2D eigenvalue weighted by molar-refractivity contribution is 5.85. The number of carbonyl (C=O) groups excluding carboxylic acids is 3. The van der Waals surface area contributed by atoms with Crippen LogP contribution < -0.4 is 16.0 Å². The predicted octanol–water partition coefficient (Wildman–Crippen LogP) is 1.31. The van der Waals surface area contributed by atoms with Crippen molar-refractivity contribution in [2.75, 3.05) is 39.3 Å². The number of nitrogens with one attached hydrogen (secondary N) is 3. The monoisotopic (exact) mass is 558 g/mol. The number of cyclic esters (lactones) is 1. The van der Waals surface area contributed by atoms with Gasteiger partial charge in [0.1, 0.15) is 6.61 Å². The van der Waals surface area contributed by atoms with E-state index in [1.807, 2.05) is 6.92 Å². The summed E-state index contributed by atoms with van der Waals surface area (Å²) in [7, 11) is 0. The van der Waals surface area contributed by atoms with E-state index in [4.69, 9.17) is 4.74 Å². The molecule has 0 bridgehead atoms. The van der Waals surface area contributed by atoms with Crippen molar-refractivity contribution < 1.29 is 29.3 Å². The van der Waals surface area contributed by atoms with Crippen LogP contribution in [-0.4, -0.2) is 90.1 Å². The molecule has 4 aliphatic carbocycles. The van der Waals surface area contributed by atoms with Gasteiger partial charge in [0, 0.05) is 43.7 Å². The highest BCUT2D eigenvalue weighted by atomic mass is 16.5. The summed E-state index contributed by atoms with van der Waals surface area (Å²) in [5.74, 6) is 0.465. The van der Waals surface area contributed by atoms with Crippen LogP contribution in [0.1, 0.15) is 65.2 Å². The summed E-state index contributed by atoms with van der Waals surface area (Å²) in [4.78, 5) is 38.2. The summed E-state index contributed by atoms with van der Waals surface area (Å²) in [6.07, 6.45) is 7.66. The quantitative estimate of drug-likeness (QED) is 0.321. The zero-order chi connectivity index (χ0) is 28.3. The third kappa shape index (κ3) is 4.36. The lowest BCUT2D eigenvalue weighted by atomic mass is 9.42. The first-order valence-corrected chi connectivity index (χ1v) is 15.4. The van der Waals surface area contributed by atoms with Crippen molar-refractivity contribution >= 4 is 17.9 Å². The molecule has 1 saturated heterocycles. The summed E-state index contributed by atoms with van der Waals surface area (Å²) in [6, 6.07) is -0.0799. The highest BCUT2D eigenvalue weighted by Crippen LogP contribution is 2.69. The molecule has 0 radical (unpaired) electrons. The first kappa shape index (κ1) is 28.0. The zero-order valence-electron chi connectivity index (χ0n) is 23.9. The smallest absolute Gasteiger partial charge is 0.331 e. The largest absolute Gasteiger partial charge is 0.458 e. The fourth-order valence-electron chi connectivity index (χ4n) is 9.94. The molecule has 0 unspecified atom stereocenters. The van der Waals surface area contributed by atoms with Gasteiger partial charge in [0.25, 0.3) is 0 Å². The molecule has 222 valence electrons. The summed E-state index contributed by atoms with van der Waals surface area (Å²) in [6.45, 7) is 7.43. The van der Waals surface area contributed by atoms with Gasteiger partial charge in [0.05, 0.1) is 18.2 Å². The molecule has 6 rings (SSSR count). The normalized spacial score (nSPS) is 44.7. The van der Waals surface area contributed by atoms with Gasteiger partial charge in [-0.25, -0.2) is 9.59 Å². The van der Waals surface area contributed by atoms with E-state index in [1.165, 1.54) is 0 Å². The van der Waals surface area contributed by atoms with Crippen molar-refractivity contribution in [3.05, 3.63) is 11.6 Å². The van der Waals surface area contributed by atoms with Crippen LogP contribution in [0.3, 0.4) is 0 Å². The Morgan fingerprint density at radius 2 is 1.98 bits per heavy atom. The van der Waals surface area contributed by atoms with Crippen LogP contribution in [0.25, 0.3) is 0 Å². The SMILES string of the molecule is C[C@@]12CC[C@@H](NC(=O)NCCN3CCNCC3=O)C[C@H]1CC[C@@H]1[C@H]2C[C@@H](O)[C@@]2(C)[C@@H](C3=CC(=O)OC3)CC[C@@]12O. The lowest BCUT2D eigenvalue weighted by Gasteiger charge is -2.65. The Morgan fingerprint density at radius 1 is 1.15 bits per heavy atom. The fraction of sp³-hybridized carbons (Fsp3) is 0.833. The molecule has 0 aromatic rings. The number of rotatable bonds is 5. The second kappa shape index (κ2) is 10.3. The van der Waals surface area contributed by atoms with E-state index in [0.717, 1.165) is 50.6 Å². The summed E-state index contributed by atoms with van der Waals surface area (Å²) < 4.78 is 5.21. The van der Waals surface area contributed by atoms with Gasteiger partial charge in [-0.2, -0.15) is 0 Å². The molecule has 0 spiro atoms. The van der Waals surface area contributed by atoms with Crippen molar-refractivity contribution in [2.24, 2.45) is 34.5 Å². The summed E-state index contributed by atoms with van der Waals surface area (Å²) in [5.41, 5.74) is -0.739. The van der Waals surface area contributed by atoms with Gasteiger partial charge in [-0.3, -0.25) is 4.79 Å². The number of urea groups is 1. The van der Waals surface area contributed by atoms with Gasteiger partial charge in [-0.05, 0) is 86.0 Å². The van der Waals surface area contributed by atoms with Crippen LogP contribution in [0.4, 0.5) is 4.79 Å². The molecule has 9 atom stereocenters. The number of piperazine rings is 1. The third-order valence-corrected chi connectivity index (χ3v) is 12.3. The highest BCUT2D eigenvalue weighted by Gasteiger charge is 2.70. The van der Waals surface area contributed by atoms with Crippen LogP contribution in [0.15, 0.2) is 11.6 Å². The Hall–Kier alpha value is -2.17. The number of aliphatic hydroxyl groups is 2. The van der Waals surface area contributed by atoms with Gasteiger partial charge in [0.15, 0.2) is 0 Å². The number of esters is 1. The summed E-state index contributed by atoms with van der Waals surface area (Å²) >= 11 is 0. The summed E-state index contributed by atoms with van der Waals surface area (Å²) in [5, 5.41) is 33.3. The number of hydrogen-bond acceptors (Lipinski definition) is 7. The molecule has 0 aromatic heterocycles. The van der Waals surface area contributed by atoms with E-state index < -0.39 is 17.1 Å². The van der Waals surface area contributed by atoms with Gasteiger partial charge < -0.3 is 35.8 Å². The van der Waals surface area contributed by atoms with Crippen molar-refractivity contribution in [1.29, 1.82) is 0 Å². The Kier molecular flexibility index (Phi) is 7.19. The molecule has 5 N–H and O–H groups in total.